The standard InChI is InChI=1S/C25H24N2O6S/c1-17-14-19-15-18(12-13-22(19)27(17)34(2,30)31)25(29)32-16-24(28)26-21-10-6-7-11-23(21)33-20-8-4-3-5-9-20/h3-13,15,17H,14,16H2,1-2H3,(H,26,28). The van der Waals surface area contributed by atoms with Gasteiger partial charge in [-0.05, 0) is 61.4 Å². The van der Waals surface area contributed by atoms with E-state index in [4.69, 9.17) is 9.47 Å². The first-order valence-electron chi connectivity index (χ1n) is 10.6. The second-order valence-corrected chi connectivity index (χ2v) is 9.85. The molecule has 1 aliphatic heterocycles. The van der Waals surface area contributed by atoms with Crippen LogP contribution in [-0.4, -0.2) is 39.2 Å². The van der Waals surface area contributed by atoms with E-state index in [1.165, 1.54) is 10.4 Å². The maximum Gasteiger partial charge on any atom is 0.338 e. The van der Waals surface area contributed by atoms with E-state index in [2.05, 4.69) is 5.32 Å². The predicted molar refractivity (Wildman–Crippen MR) is 129 cm³/mol. The number of rotatable bonds is 7. The molecule has 176 valence electrons. The fourth-order valence-electron chi connectivity index (χ4n) is 3.91. The summed E-state index contributed by atoms with van der Waals surface area (Å²) >= 11 is 0. The summed E-state index contributed by atoms with van der Waals surface area (Å²) < 4.78 is 36.5. The molecule has 9 heteroatoms. The lowest BCUT2D eigenvalue weighted by Gasteiger charge is -2.21. The molecule has 0 spiro atoms. The fourth-order valence-corrected chi connectivity index (χ4v) is 5.17. The van der Waals surface area contributed by atoms with Crippen LogP contribution in [0.4, 0.5) is 11.4 Å². The van der Waals surface area contributed by atoms with Crippen LogP contribution in [0.15, 0.2) is 72.8 Å². The highest BCUT2D eigenvalue weighted by Crippen LogP contribution is 2.35. The SMILES string of the molecule is CC1Cc2cc(C(=O)OCC(=O)Nc3ccccc3Oc3ccccc3)ccc2N1S(C)(=O)=O. The Labute approximate surface area is 198 Å². The van der Waals surface area contributed by atoms with E-state index in [0.717, 1.165) is 11.8 Å². The van der Waals surface area contributed by atoms with Crippen LogP contribution in [-0.2, 0) is 26.0 Å². The molecule has 1 unspecified atom stereocenters. The molecule has 0 bridgehead atoms. The molecule has 1 heterocycles. The number of carbonyl (C=O) groups excluding carboxylic acids is 2. The van der Waals surface area contributed by atoms with E-state index >= 15 is 0 Å². The minimum atomic E-state index is -3.42. The Morgan fingerprint density at radius 2 is 1.74 bits per heavy atom. The first-order chi connectivity index (χ1) is 16.2. The number of esters is 1. The van der Waals surface area contributed by atoms with Gasteiger partial charge in [-0.3, -0.25) is 9.10 Å². The third kappa shape index (κ3) is 5.20. The lowest BCUT2D eigenvalue weighted by atomic mass is 10.1. The summed E-state index contributed by atoms with van der Waals surface area (Å²) in [7, 11) is -3.42. The van der Waals surface area contributed by atoms with Gasteiger partial charge in [0.25, 0.3) is 5.91 Å². The zero-order chi connectivity index (χ0) is 24.3. The van der Waals surface area contributed by atoms with Crippen LogP contribution >= 0.6 is 0 Å². The van der Waals surface area contributed by atoms with E-state index < -0.39 is 28.5 Å². The zero-order valence-electron chi connectivity index (χ0n) is 18.7. The molecule has 8 nitrogen and oxygen atoms in total. The van der Waals surface area contributed by atoms with Crippen molar-refractivity contribution in [3.8, 4) is 11.5 Å². The van der Waals surface area contributed by atoms with E-state index in [1.54, 1.807) is 48.5 Å². The largest absolute Gasteiger partial charge is 0.455 e. The van der Waals surface area contributed by atoms with Gasteiger partial charge < -0.3 is 14.8 Å². The molecule has 0 radical (unpaired) electrons. The maximum absolute atomic E-state index is 12.5. The predicted octanol–water partition coefficient (Wildman–Crippen LogP) is 3.99. The van der Waals surface area contributed by atoms with Crippen molar-refractivity contribution in [3.05, 3.63) is 83.9 Å². The third-order valence-corrected chi connectivity index (χ3v) is 6.56. The summed E-state index contributed by atoms with van der Waals surface area (Å²) in [6, 6.07) is 20.6. The van der Waals surface area contributed by atoms with E-state index in [9.17, 15) is 18.0 Å². The van der Waals surface area contributed by atoms with Crippen molar-refractivity contribution in [3.63, 3.8) is 0 Å². The van der Waals surface area contributed by atoms with Gasteiger partial charge in [-0.15, -0.1) is 0 Å². The fraction of sp³-hybridized carbons (Fsp3) is 0.200. The van der Waals surface area contributed by atoms with E-state index in [1.807, 2.05) is 25.1 Å². The van der Waals surface area contributed by atoms with Crippen LogP contribution in [0.5, 0.6) is 11.5 Å². The molecular formula is C25H24N2O6S. The lowest BCUT2D eigenvalue weighted by Crippen LogP contribution is -2.34. The summed E-state index contributed by atoms with van der Waals surface area (Å²) in [4.78, 5) is 24.9. The van der Waals surface area contributed by atoms with Crippen molar-refractivity contribution < 1.29 is 27.5 Å². The number of amides is 1. The average Bonchev–Trinajstić information content (AvgIpc) is 3.14. The molecule has 1 N–H and O–H groups in total. The first kappa shape index (κ1) is 23.3. The van der Waals surface area contributed by atoms with Gasteiger partial charge >= 0.3 is 5.97 Å². The number of benzene rings is 3. The van der Waals surface area contributed by atoms with Crippen LogP contribution in [0.1, 0.15) is 22.8 Å². The number of ether oxygens (including phenoxy) is 2. The number of anilines is 2. The molecule has 1 aliphatic rings. The van der Waals surface area contributed by atoms with Gasteiger partial charge in [-0.25, -0.2) is 13.2 Å². The topological polar surface area (TPSA) is 102 Å². The highest BCUT2D eigenvalue weighted by atomic mass is 32.2. The van der Waals surface area contributed by atoms with Crippen molar-refractivity contribution in [1.82, 2.24) is 0 Å². The Kier molecular flexibility index (Phi) is 6.56. The van der Waals surface area contributed by atoms with Crippen LogP contribution < -0.4 is 14.4 Å². The molecule has 3 aromatic carbocycles. The first-order valence-corrected chi connectivity index (χ1v) is 12.5. The summed E-state index contributed by atoms with van der Waals surface area (Å²) in [5.74, 6) is -0.111. The number of para-hydroxylation sites is 3. The van der Waals surface area contributed by atoms with Crippen LogP contribution in [0.3, 0.4) is 0 Å². The molecule has 3 aromatic rings. The smallest absolute Gasteiger partial charge is 0.338 e. The van der Waals surface area contributed by atoms with Crippen molar-refractivity contribution in [2.45, 2.75) is 19.4 Å². The molecule has 1 atom stereocenters. The highest BCUT2D eigenvalue weighted by molar-refractivity contribution is 7.92. The Bertz CT molecular complexity index is 1320. The zero-order valence-corrected chi connectivity index (χ0v) is 19.5. The van der Waals surface area contributed by atoms with Crippen molar-refractivity contribution in [2.75, 3.05) is 22.5 Å². The van der Waals surface area contributed by atoms with E-state index in [-0.39, 0.29) is 11.6 Å². The second kappa shape index (κ2) is 9.56. The van der Waals surface area contributed by atoms with Gasteiger partial charge in [0.05, 0.1) is 23.2 Å². The molecule has 0 saturated heterocycles. The van der Waals surface area contributed by atoms with Gasteiger partial charge in [0.15, 0.2) is 12.4 Å². The molecule has 34 heavy (non-hydrogen) atoms. The average molecular weight is 481 g/mol. The lowest BCUT2D eigenvalue weighted by molar-refractivity contribution is -0.119. The minimum absolute atomic E-state index is 0.236. The molecule has 0 saturated carbocycles. The third-order valence-electron chi connectivity index (χ3n) is 5.29. The van der Waals surface area contributed by atoms with Gasteiger partial charge in [-0.2, -0.15) is 0 Å². The molecular weight excluding hydrogens is 456 g/mol. The Morgan fingerprint density at radius 3 is 2.47 bits per heavy atom. The molecule has 4 rings (SSSR count). The van der Waals surface area contributed by atoms with Crippen LogP contribution in [0.25, 0.3) is 0 Å². The van der Waals surface area contributed by atoms with Gasteiger partial charge in [0.1, 0.15) is 5.75 Å². The van der Waals surface area contributed by atoms with Crippen molar-refractivity contribution >= 4 is 33.3 Å². The molecule has 0 aliphatic carbocycles. The number of fused-ring (bicyclic) bond motifs is 1. The number of hydrogen-bond donors (Lipinski definition) is 1. The maximum atomic E-state index is 12.5. The monoisotopic (exact) mass is 480 g/mol. The van der Waals surface area contributed by atoms with Gasteiger partial charge in [0, 0.05) is 6.04 Å². The van der Waals surface area contributed by atoms with E-state index in [0.29, 0.717) is 29.3 Å². The molecule has 0 aromatic heterocycles. The molecule has 0 fully saturated rings. The summed E-state index contributed by atoms with van der Waals surface area (Å²) in [6.07, 6.45) is 1.64. The van der Waals surface area contributed by atoms with Crippen LogP contribution in [0.2, 0.25) is 0 Å². The molecule has 1 amide bonds. The minimum Gasteiger partial charge on any atom is -0.455 e. The number of carbonyl (C=O) groups is 2. The van der Waals surface area contributed by atoms with Gasteiger partial charge in [0.2, 0.25) is 10.0 Å². The number of nitrogens with zero attached hydrogens (tertiary/aromatic N) is 1. The normalized spacial score (nSPS) is 14.9. The summed E-state index contributed by atoms with van der Waals surface area (Å²) in [5, 5.41) is 2.69. The highest BCUT2D eigenvalue weighted by Gasteiger charge is 2.33. The second-order valence-electron chi connectivity index (χ2n) is 7.99. The number of hydrogen-bond acceptors (Lipinski definition) is 6. The van der Waals surface area contributed by atoms with Gasteiger partial charge in [-0.1, -0.05) is 30.3 Å². The Hall–Kier alpha value is -3.85. The van der Waals surface area contributed by atoms with Crippen molar-refractivity contribution in [2.24, 2.45) is 0 Å². The Balaban J connectivity index is 1.38. The summed E-state index contributed by atoms with van der Waals surface area (Å²) in [6.45, 7) is 1.32. The van der Waals surface area contributed by atoms with Crippen molar-refractivity contribution in [1.29, 1.82) is 0 Å². The quantitative estimate of drug-likeness (QED) is 0.513. The Morgan fingerprint density at radius 1 is 1.03 bits per heavy atom. The number of sulfonamides is 1. The van der Waals surface area contributed by atoms with Crippen LogP contribution in [0, 0.1) is 0 Å². The summed E-state index contributed by atoms with van der Waals surface area (Å²) in [5.41, 5.74) is 1.99. The number of nitrogens with one attached hydrogen (secondary N) is 1.